The van der Waals surface area contributed by atoms with Gasteiger partial charge in [-0.15, -0.1) is 0 Å². The third-order valence-corrected chi connectivity index (χ3v) is 5.04. The molecule has 8 heteroatoms. The van der Waals surface area contributed by atoms with E-state index < -0.39 is 0 Å². The minimum atomic E-state index is -0.132. The predicted molar refractivity (Wildman–Crippen MR) is 105 cm³/mol. The second-order valence-electron chi connectivity index (χ2n) is 7.02. The van der Waals surface area contributed by atoms with Crippen LogP contribution < -0.4 is 10.5 Å². The lowest BCUT2D eigenvalue weighted by atomic mass is 10.0. The maximum Gasteiger partial charge on any atom is 0.300 e. The Morgan fingerprint density at radius 3 is 2.83 bits per heavy atom. The number of nitrogens with one attached hydrogen (secondary N) is 1. The molecule has 4 aromatic rings. The van der Waals surface area contributed by atoms with Crippen LogP contribution in [0.2, 0.25) is 0 Å². The number of aromatic hydroxyl groups is 1. The molecule has 0 unspecified atom stereocenters. The first-order valence-corrected chi connectivity index (χ1v) is 8.99. The number of aromatic amines is 1. The fourth-order valence-electron chi connectivity index (χ4n) is 3.69. The highest BCUT2D eigenvalue weighted by Gasteiger charge is 2.24. The lowest BCUT2D eigenvalue weighted by Gasteiger charge is -2.10. The van der Waals surface area contributed by atoms with Crippen LogP contribution in [0.3, 0.4) is 0 Å². The summed E-state index contributed by atoms with van der Waals surface area (Å²) in [5.41, 5.74) is 5.04. The van der Waals surface area contributed by atoms with Crippen LogP contribution >= 0.6 is 0 Å². The van der Waals surface area contributed by atoms with E-state index >= 15 is 0 Å². The largest absolute Gasteiger partial charge is 0.507 e. The maximum atomic E-state index is 11.5. The van der Waals surface area contributed by atoms with Gasteiger partial charge in [-0.3, -0.25) is 4.79 Å². The highest BCUT2D eigenvalue weighted by molar-refractivity contribution is 5.79. The first-order chi connectivity index (χ1) is 14.0. The number of phenols is 1. The summed E-state index contributed by atoms with van der Waals surface area (Å²) in [5.74, 6) is -0.00298. The number of pyridine rings is 2. The first kappa shape index (κ1) is 17.0. The van der Waals surface area contributed by atoms with E-state index in [1.54, 1.807) is 30.5 Å². The standard InChI is InChI=1S/C21H15N5O3/c1-11-4-12(7-22)5-16(27)19(11)15-2-3-17-20(24-15)25-21(29-17)26-9-13-6-18(28)23-8-14(13)10-26/h2-6,8,27H,9-10H2,1H3,(H,23,28). The van der Waals surface area contributed by atoms with Crippen molar-refractivity contribution in [3.05, 3.63) is 69.1 Å². The lowest BCUT2D eigenvalue weighted by molar-refractivity contribution is 0.476. The summed E-state index contributed by atoms with van der Waals surface area (Å²) < 4.78 is 5.86. The van der Waals surface area contributed by atoms with Crippen molar-refractivity contribution in [2.75, 3.05) is 4.90 Å². The van der Waals surface area contributed by atoms with Crippen LogP contribution in [0.25, 0.3) is 22.5 Å². The average molecular weight is 385 g/mol. The molecule has 142 valence electrons. The third kappa shape index (κ3) is 2.80. The van der Waals surface area contributed by atoms with Gasteiger partial charge in [-0.25, -0.2) is 4.98 Å². The fraction of sp³-hybridized carbons (Fsp3) is 0.143. The summed E-state index contributed by atoms with van der Waals surface area (Å²) >= 11 is 0. The maximum absolute atomic E-state index is 11.5. The number of benzene rings is 1. The van der Waals surface area contributed by atoms with Crippen LogP contribution in [0, 0.1) is 18.3 Å². The molecule has 0 fully saturated rings. The minimum Gasteiger partial charge on any atom is -0.507 e. The topological polar surface area (TPSA) is 119 Å². The van der Waals surface area contributed by atoms with Crippen LogP contribution in [0.4, 0.5) is 6.01 Å². The average Bonchev–Trinajstić information content (AvgIpc) is 3.30. The molecule has 0 radical (unpaired) electrons. The number of hydrogen-bond donors (Lipinski definition) is 2. The van der Waals surface area contributed by atoms with Gasteiger partial charge in [0, 0.05) is 30.9 Å². The molecule has 3 aromatic heterocycles. The summed E-state index contributed by atoms with van der Waals surface area (Å²) in [6, 6.07) is 10.7. The monoisotopic (exact) mass is 385 g/mol. The van der Waals surface area contributed by atoms with Gasteiger partial charge < -0.3 is 19.4 Å². The molecule has 4 heterocycles. The molecule has 1 aliphatic rings. The van der Waals surface area contributed by atoms with Crippen LogP contribution in [0.5, 0.6) is 5.75 Å². The number of phenolic OH excluding ortho intramolecular Hbond substituents is 1. The molecule has 1 aliphatic heterocycles. The number of rotatable bonds is 2. The number of oxazole rings is 1. The molecule has 29 heavy (non-hydrogen) atoms. The van der Waals surface area contributed by atoms with E-state index in [1.165, 1.54) is 6.07 Å². The number of nitriles is 1. The van der Waals surface area contributed by atoms with Crippen LogP contribution in [0.1, 0.15) is 22.3 Å². The zero-order chi connectivity index (χ0) is 20.1. The summed E-state index contributed by atoms with van der Waals surface area (Å²) in [5, 5.41) is 19.4. The van der Waals surface area contributed by atoms with Crippen LogP contribution in [0.15, 0.2) is 45.7 Å². The van der Waals surface area contributed by atoms with Gasteiger partial charge in [0.05, 0.1) is 17.3 Å². The highest BCUT2D eigenvalue weighted by atomic mass is 16.4. The fourth-order valence-corrected chi connectivity index (χ4v) is 3.69. The normalized spacial score (nSPS) is 12.9. The molecular weight excluding hydrogens is 370 g/mol. The van der Waals surface area contributed by atoms with E-state index in [1.807, 2.05) is 17.9 Å². The van der Waals surface area contributed by atoms with Gasteiger partial charge in [0.1, 0.15) is 5.75 Å². The molecule has 0 atom stereocenters. The predicted octanol–water partition coefficient (Wildman–Crippen LogP) is 2.98. The number of aryl methyl sites for hydroxylation is 1. The lowest BCUT2D eigenvalue weighted by Crippen LogP contribution is -2.14. The summed E-state index contributed by atoms with van der Waals surface area (Å²) in [6.45, 7) is 2.94. The molecule has 0 saturated heterocycles. The molecule has 5 rings (SSSR count). The Balaban J connectivity index is 1.52. The molecule has 0 spiro atoms. The van der Waals surface area contributed by atoms with Crippen molar-refractivity contribution < 1.29 is 9.52 Å². The van der Waals surface area contributed by atoms with E-state index in [0.717, 1.165) is 16.7 Å². The van der Waals surface area contributed by atoms with Gasteiger partial charge in [0.25, 0.3) is 0 Å². The van der Waals surface area contributed by atoms with Crippen LogP contribution in [-0.4, -0.2) is 20.1 Å². The number of aromatic nitrogens is 3. The van der Waals surface area contributed by atoms with Gasteiger partial charge in [0.2, 0.25) is 11.2 Å². The Labute approximate surface area is 164 Å². The van der Waals surface area contributed by atoms with Crippen molar-refractivity contribution in [3.63, 3.8) is 0 Å². The Bertz CT molecular complexity index is 1360. The van der Waals surface area contributed by atoms with Crippen molar-refractivity contribution in [1.29, 1.82) is 5.26 Å². The minimum absolute atomic E-state index is 0.00298. The Morgan fingerprint density at radius 2 is 2.03 bits per heavy atom. The van der Waals surface area contributed by atoms with Crippen molar-refractivity contribution >= 4 is 17.2 Å². The molecule has 8 nitrogen and oxygen atoms in total. The number of hydrogen-bond acceptors (Lipinski definition) is 7. The molecule has 0 saturated carbocycles. The molecule has 0 amide bonds. The number of fused-ring (bicyclic) bond motifs is 2. The molecule has 0 bridgehead atoms. The summed E-state index contributed by atoms with van der Waals surface area (Å²) in [6.07, 6.45) is 1.72. The smallest absolute Gasteiger partial charge is 0.300 e. The third-order valence-electron chi connectivity index (χ3n) is 5.04. The van der Waals surface area contributed by atoms with E-state index in [9.17, 15) is 9.90 Å². The van der Waals surface area contributed by atoms with Gasteiger partial charge in [-0.1, -0.05) is 0 Å². The van der Waals surface area contributed by atoms with Gasteiger partial charge in [-0.2, -0.15) is 10.2 Å². The zero-order valence-electron chi connectivity index (χ0n) is 15.4. The quantitative estimate of drug-likeness (QED) is 0.544. The number of nitrogens with zero attached hydrogens (tertiary/aromatic N) is 4. The van der Waals surface area contributed by atoms with Gasteiger partial charge in [-0.05, 0) is 47.9 Å². The molecular formula is C21H15N5O3. The van der Waals surface area contributed by atoms with E-state index in [4.69, 9.17) is 9.68 Å². The SMILES string of the molecule is Cc1cc(C#N)cc(O)c1-c1ccc2oc(N3Cc4c[nH]c(=O)cc4C3)nc2n1. The van der Waals surface area contributed by atoms with E-state index in [0.29, 0.717) is 47.2 Å². The second kappa shape index (κ2) is 6.21. The number of anilines is 1. The molecule has 0 aliphatic carbocycles. The Morgan fingerprint density at radius 1 is 1.21 bits per heavy atom. The summed E-state index contributed by atoms with van der Waals surface area (Å²) in [7, 11) is 0. The van der Waals surface area contributed by atoms with E-state index in [-0.39, 0.29) is 11.3 Å². The number of H-pyrrole nitrogens is 1. The van der Waals surface area contributed by atoms with Crippen molar-refractivity contribution in [3.8, 4) is 23.1 Å². The van der Waals surface area contributed by atoms with Crippen molar-refractivity contribution in [2.24, 2.45) is 0 Å². The first-order valence-electron chi connectivity index (χ1n) is 8.99. The molecule has 1 aromatic carbocycles. The van der Waals surface area contributed by atoms with Crippen LogP contribution in [-0.2, 0) is 13.1 Å². The Kier molecular flexibility index (Phi) is 3.64. The second-order valence-corrected chi connectivity index (χ2v) is 7.02. The van der Waals surface area contributed by atoms with Crippen molar-refractivity contribution in [2.45, 2.75) is 20.0 Å². The van der Waals surface area contributed by atoms with Gasteiger partial charge in [0.15, 0.2) is 5.58 Å². The Hall–Kier alpha value is -4.12. The zero-order valence-corrected chi connectivity index (χ0v) is 15.4. The van der Waals surface area contributed by atoms with E-state index in [2.05, 4.69) is 15.0 Å². The highest BCUT2D eigenvalue weighted by Crippen LogP contribution is 2.34. The molecule has 2 N–H and O–H groups in total. The summed E-state index contributed by atoms with van der Waals surface area (Å²) in [4.78, 5) is 25.2. The van der Waals surface area contributed by atoms with Gasteiger partial charge >= 0.3 is 6.01 Å². The van der Waals surface area contributed by atoms with Crippen molar-refractivity contribution in [1.82, 2.24) is 15.0 Å².